The molecule has 2 amide bonds. The molecule has 0 aromatic heterocycles. The van der Waals surface area contributed by atoms with Gasteiger partial charge in [0.25, 0.3) is 0 Å². The van der Waals surface area contributed by atoms with Crippen LogP contribution in [0, 0.1) is 12.3 Å². The summed E-state index contributed by atoms with van der Waals surface area (Å²) in [6, 6.07) is 14.8. The normalized spacial score (nSPS) is 11.9. The molecule has 2 rings (SSSR count). The Kier molecular flexibility index (Phi) is 8.29. The number of benzene rings is 2. The van der Waals surface area contributed by atoms with Crippen molar-refractivity contribution in [2.75, 3.05) is 18.5 Å². The van der Waals surface area contributed by atoms with Gasteiger partial charge in [0.05, 0.1) is 0 Å². The second-order valence-electron chi connectivity index (χ2n) is 7.57. The summed E-state index contributed by atoms with van der Waals surface area (Å²) in [5, 5.41) is 5.67. The van der Waals surface area contributed by atoms with Crippen LogP contribution >= 0.6 is 0 Å². The van der Waals surface area contributed by atoms with Gasteiger partial charge in [-0.1, -0.05) is 30.2 Å². The third-order valence-corrected chi connectivity index (χ3v) is 6.07. The van der Waals surface area contributed by atoms with Crippen LogP contribution in [0.2, 0.25) is 0 Å². The van der Waals surface area contributed by atoms with Gasteiger partial charge < -0.3 is 15.4 Å². The number of urea groups is 1. The van der Waals surface area contributed by atoms with Crippen molar-refractivity contribution < 1.29 is 13.7 Å². The predicted molar refractivity (Wildman–Crippen MR) is 120 cm³/mol. The first-order valence-electron chi connectivity index (χ1n) is 9.45. The van der Waals surface area contributed by atoms with Gasteiger partial charge in [0.1, 0.15) is 12.4 Å². The molecular formula is C23H28N2O3S. The van der Waals surface area contributed by atoms with E-state index in [0.717, 1.165) is 16.9 Å². The van der Waals surface area contributed by atoms with Gasteiger partial charge in [-0.15, -0.1) is 6.42 Å². The summed E-state index contributed by atoms with van der Waals surface area (Å²) in [5.41, 5.74) is 2.70. The van der Waals surface area contributed by atoms with E-state index in [2.05, 4.69) is 16.6 Å². The van der Waals surface area contributed by atoms with Crippen molar-refractivity contribution in [3.05, 3.63) is 59.7 Å². The molecule has 0 aliphatic rings. The second-order valence-corrected chi connectivity index (χ2v) is 9.77. The number of hydrogen-bond acceptors (Lipinski definition) is 3. The zero-order chi connectivity index (χ0) is 21.3. The summed E-state index contributed by atoms with van der Waals surface area (Å²) in [5.74, 6) is 3.61. The van der Waals surface area contributed by atoms with Crippen molar-refractivity contribution in [3.8, 4) is 18.1 Å². The second kappa shape index (κ2) is 10.7. The molecule has 0 bridgehead atoms. The van der Waals surface area contributed by atoms with E-state index >= 15 is 0 Å². The van der Waals surface area contributed by atoms with Crippen LogP contribution in [0.3, 0.4) is 0 Å². The molecule has 1 unspecified atom stereocenters. The van der Waals surface area contributed by atoms with Crippen LogP contribution in [0.1, 0.15) is 31.9 Å². The minimum atomic E-state index is -0.986. The first-order chi connectivity index (χ1) is 13.8. The van der Waals surface area contributed by atoms with Crippen molar-refractivity contribution in [2.24, 2.45) is 0 Å². The fourth-order valence-corrected chi connectivity index (χ4v) is 3.40. The van der Waals surface area contributed by atoms with E-state index in [0.29, 0.717) is 24.4 Å². The van der Waals surface area contributed by atoms with Crippen molar-refractivity contribution in [3.63, 3.8) is 0 Å². The van der Waals surface area contributed by atoms with Gasteiger partial charge in [-0.3, -0.25) is 4.21 Å². The molecule has 0 radical (unpaired) electrons. The molecule has 0 saturated carbocycles. The third kappa shape index (κ3) is 8.00. The molecule has 0 aliphatic carbocycles. The van der Waals surface area contributed by atoms with E-state index in [1.165, 1.54) is 0 Å². The molecule has 0 saturated heterocycles. The van der Waals surface area contributed by atoms with Gasteiger partial charge >= 0.3 is 6.03 Å². The Morgan fingerprint density at radius 3 is 2.52 bits per heavy atom. The van der Waals surface area contributed by atoms with Crippen molar-refractivity contribution in [1.29, 1.82) is 0 Å². The Bertz CT molecular complexity index is 880. The molecule has 29 heavy (non-hydrogen) atoms. The topological polar surface area (TPSA) is 67.4 Å². The number of carbonyl (C=O) groups is 1. The largest absolute Gasteiger partial charge is 0.481 e. The Hall–Kier alpha value is -2.78. The van der Waals surface area contributed by atoms with Crippen LogP contribution in [0.25, 0.3) is 0 Å². The minimum absolute atomic E-state index is 0.244. The first-order valence-corrected chi connectivity index (χ1v) is 10.8. The van der Waals surface area contributed by atoms with E-state index < -0.39 is 10.8 Å². The molecule has 1 atom stereocenters. The Morgan fingerprint density at radius 2 is 1.86 bits per heavy atom. The fourth-order valence-electron chi connectivity index (χ4n) is 2.48. The van der Waals surface area contributed by atoms with Gasteiger partial charge in [0.2, 0.25) is 0 Å². The van der Waals surface area contributed by atoms with Crippen LogP contribution in [0.15, 0.2) is 48.5 Å². The maximum Gasteiger partial charge on any atom is 0.319 e. The summed E-state index contributed by atoms with van der Waals surface area (Å²) < 4.78 is 17.4. The summed E-state index contributed by atoms with van der Waals surface area (Å²) in [7, 11) is -0.986. The van der Waals surface area contributed by atoms with Gasteiger partial charge in [-0.25, -0.2) is 4.79 Å². The van der Waals surface area contributed by atoms with Crippen LogP contribution in [0.5, 0.6) is 5.75 Å². The van der Waals surface area contributed by atoms with E-state index in [1.54, 1.807) is 0 Å². The lowest BCUT2D eigenvalue weighted by atomic mass is 10.1. The van der Waals surface area contributed by atoms with Crippen LogP contribution in [-0.4, -0.2) is 28.1 Å². The Balaban J connectivity index is 1.80. The predicted octanol–water partition coefficient (Wildman–Crippen LogP) is 4.11. The third-order valence-electron chi connectivity index (χ3n) is 4.11. The number of nitrogens with one attached hydrogen (secondary N) is 2. The van der Waals surface area contributed by atoms with E-state index in [1.807, 2.05) is 69.3 Å². The van der Waals surface area contributed by atoms with Crippen molar-refractivity contribution >= 4 is 22.5 Å². The maximum atomic E-state index is 12.3. The number of terminal acetylenes is 1. The number of rotatable bonds is 8. The SMILES string of the molecule is C#CCOc1ccc(CCNC(=O)Nc2cccc(CS(=O)C(C)(C)C)c2)cc1. The number of anilines is 1. The van der Waals surface area contributed by atoms with Gasteiger partial charge in [-0.05, 0) is 62.6 Å². The molecule has 2 aromatic rings. The standard InChI is InChI=1S/C23H28N2O3S/c1-5-15-28-21-11-9-18(10-12-21)13-14-24-22(26)25-20-8-6-7-19(16-20)17-29(27)23(2,3)4/h1,6-12,16H,13-15,17H2,2-4H3,(H2,24,25,26). The average molecular weight is 413 g/mol. The van der Waals surface area contributed by atoms with Gasteiger partial charge in [0, 0.05) is 33.5 Å². The maximum absolute atomic E-state index is 12.3. The number of amides is 2. The molecule has 0 fully saturated rings. The van der Waals surface area contributed by atoms with Gasteiger partial charge in [-0.2, -0.15) is 0 Å². The van der Waals surface area contributed by atoms with Crippen molar-refractivity contribution in [2.45, 2.75) is 37.7 Å². The smallest absolute Gasteiger partial charge is 0.319 e. The highest BCUT2D eigenvalue weighted by Gasteiger charge is 2.19. The Labute approximate surface area is 175 Å². The van der Waals surface area contributed by atoms with E-state index in [-0.39, 0.29) is 17.4 Å². The lowest BCUT2D eigenvalue weighted by molar-refractivity contribution is 0.252. The van der Waals surface area contributed by atoms with Gasteiger partial charge in [0.15, 0.2) is 0 Å². The quantitative estimate of drug-likeness (QED) is 0.641. The van der Waals surface area contributed by atoms with E-state index in [9.17, 15) is 9.00 Å². The minimum Gasteiger partial charge on any atom is -0.481 e. The molecule has 0 aliphatic heterocycles. The summed E-state index contributed by atoms with van der Waals surface area (Å²) in [4.78, 5) is 12.1. The average Bonchev–Trinajstić information content (AvgIpc) is 2.67. The van der Waals surface area contributed by atoms with E-state index in [4.69, 9.17) is 11.2 Å². The summed E-state index contributed by atoms with van der Waals surface area (Å²) in [6.45, 7) is 6.61. The molecule has 0 spiro atoms. The molecule has 154 valence electrons. The lowest BCUT2D eigenvalue weighted by Crippen LogP contribution is -2.30. The molecule has 5 nitrogen and oxygen atoms in total. The van der Waals surface area contributed by atoms with Crippen LogP contribution in [-0.2, 0) is 23.0 Å². The summed E-state index contributed by atoms with van der Waals surface area (Å²) >= 11 is 0. The molecule has 0 heterocycles. The van der Waals surface area contributed by atoms with Crippen LogP contribution in [0.4, 0.5) is 10.5 Å². The molecule has 2 aromatic carbocycles. The number of carbonyl (C=O) groups excluding carboxylic acids is 1. The number of hydrogen-bond donors (Lipinski definition) is 2. The first kappa shape index (κ1) is 22.5. The zero-order valence-electron chi connectivity index (χ0n) is 17.2. The highest BCUT2D eigenvalue weighted by atomic mass is 32.2. The molecular weight excluding hydrogens is 384 g/mol. The van der Waals surface area contributed by atoms with Crippen LogP contribution < -0.4 is 15.4 Å². The van der Waals surface area contributed by atoms with Crippen molar-refractivity contribution in [1.82, 2.24) is 5.32 Å². The number of ether oxygens (including phenoxy) is 1. The summed E-state index contributed by atoms with van der Waals surface area (Å²) in [6.07, 6.45) is 5.87. The lowest BCUT2D eigenvalue weighted by Gasteiger charge is -2.18. The molecule has 6 heteroatoms. The highest BCUT2D eigenvalue weighted by Crippen LogP contribution is 2.18. The monoisotopic (exact) mass is 412 g/mol. The Morgan fingerprint density at radius 1 is 1.14 bits per heavy atom. The fraction of sp³-hybridized carbons (Fsp3) is 0.348. The molecule has 2 N–H and O–H groups in total. The highest BCUT2D eigenvalue weighted by molar-refractivity contribution is 7.85. The zero-order valence-corrected chi connectivity index (χ0v) is 18.0.